The van der Waals surface area contributed by atoms with Crippen LogP contribution in [0.3, 0.4) is 0 Å². The van der Waals surface area contributed by atoms with Gasteiger partial charge in [-0.1, -0.05) is 6.92 Å². The Kier molecular flexibility index (Phi) is 3.09. The normalized spacial score (nSPS) is 10.7. The molecule has 0 aliphatic heterocycles. The van der Waals surface area contributed by atoms with Gasteiger partial charge in [0.2, 0.25) is 0 Å². The minimum atomic E-state index is -0.186. The molecule has 0 fully saturated rings. The van der Waals surface area contributed by atoms with Crippen LogP contribution < -0.4 is 0 Å². The second kappa shape index (κ2) is 4.52. The number of benzene rings is 1. The number of aromatic nitrogens is 1. The molecule has 0 saturated heterocycles. The van der Waals surface area contributed by atoms with Crippen LogP contribution >= 0.6 is 0 Å². The van der Waals surface area contributed by atoms with E-state index in [1.807, 2.05) is 12.1 Å². The monoisotopic (exact) mass is 217 g/mol. The van der Waals surface area contributed by atoms with Gasteiger partial charge in [-0.25, -0.2) is 4.39 Å². The highest BCUT2D eigenvalue weighted by molar-refractivity contribution is 5.60. The molecule has 1 aromatic heterocycles. The van der Waals surface area contributed by atoms with Crippen LogP contribution in [0.5, 0.6) is 0 Å². The molecule has 0 aliphatic rings. The summed E-state index contributed by atoms with van der Waals surface area (Å²) >= 11 is 0. The van der Waals surface area contributed by atoms with Crippen LogP contribution in [0.25, 0.3) is 11.3 Å². The average molecular weight is 217 g/mol. The van der Waals surface area contributed by atoms with Crippen molar-refractivity contribution in [2.24, 2.45) is 0 Å². The molecule has 0 bridgehead atoms. The summed E-state index contributed by atoms with van der Waals surface area (Å²) in [5.41, 5.74) is 3.49. The summed E-state index contributed by atoms with van der Waals surface area (Å²) in [7, 11) is 0. The van der Waals surface area contributed by atoms with E-state index in [0.717, 1.165) is 18.5 Å². The van der Waals surface area contributed by atoms with Gasteiger partial charge in [0, 0.05) is 17.9 Å². The Morgan fingerprint density at radius 1 is 1.06 bits per heavy atom. The maximum atomic E-state index is 12.8. The first-order valence-corrected chi connectivity index (χ1v) is 5.64. The summed E-state index contributed by atoms with van der Waals surface area (Å²) in [4.78, 5) is 0. The fraction of sp³-hybridized carbons (Fsp3) is 0.286. The SMILES string of the molecule is CCCn1c(C)ccc1-c1ccc(F)cc1. The maximum Gasteiger partial charge on any atom is 0.123 e. The lowest BCUT2D eigenvalue weighted by atomic mass is 10.1. The third-order valence-corrected chi connectivity index (χ3v) is 2.79. The van der Waals surface area contributed by atoms with Gasteiger partial charge in [-0.05, 0) is 55.3 Å². The number of hydrogen-bond donors (Lipinski definition) is 0. The molecule has 16 heavy (non-hydrogen) atoms. The van der Waals surface area contributed by atoms with E-state index < -0.39 is 0 Å². The molecule has 0 atom stereocenters. The molecule has 84 valence electrons. The van der Waals surface area contributed by atoms with Crippen molar-refractivity contribution in [3.63, 3.8) is 0 Å². The van der Waals surface area contributed by atoms with Gasteiger partial charge in [0.1, 0.15) is 5.82 Å². The zero-order chi connectivity index (χ0) is 11.5. The molecule has 1 heterocycles. The van der Waals surface area contributed by atoms with Crippen LogP contribution in [0.4, 0.5) is 4.39 Å². The highest BCUT2D eigenvalue weighted by Gasteiger charge is 2.06. The molecule has 2 rings (SSSR count). The number of halogens is 1. The van der Waals surface area contributed by atoms with E-state index in [1.54, 1.807) is 0 Å². The third kappa shape index (κ3) is 2.01. The third-order valence-electron chi connectivity index (χ3n) is 2.79. The summed E-state index contributed by atoms with van der Waals surface area (Å²) in [6.07, 6.45) is 1.10. The van der Waals surface area contributed by atoms with Crippen LogP contribution in [-0.4, -0.2) is 4.57 Å². The van der Waals surface area contributed by atoms with Gasteiger partial charge in [-0.15, -0.1) is 0 Å². The summed E-state index contributed by atoms with van der Waals surface area (Å²) in [5.74, 6) is -0.186. The van der Waals surface area contributed by atoms with E-state index in [0.29, 0.717) is 0 Å². The number of aryl methyl sites for hydroxylation is 1. The summed E-state index contributed by atoms with van der Waals surface area (Å²) in [6, 6.07) is 10.9. The summed E-state index contributed by atoms with van der Waals surface area (Å²) < 4.78 is 15.1. The lowest BCUT2D eigenvalue weighted by Gasteiger charge is -2.10. The van der Waals surface area contributed by atoms with Crippen LogP contribution in [0, 0.1) is 12.7 Å². The molecule has 1 nitrogen and oxygen atoms in total. The molecule has 0 spiro atoms. The van der Waals surface area contributed by atoms with Gasteiger partial charge in [-0.2, -0.15) is 0 Å². The highest BCUT2D eigenvalue weighted by atomic mass is 19.1. The highest BCUT2D eigenvalue weighted by Crippen LogP contribution is 2.23. The van der Waals surface area contributed by atoms with E-state index in [1.165, 1.54) is 23.5 Å². The van der Waals surface area contributed by atoms with E-state index in [-0.39, 0.29) is 5.82 Å². The topological polar surface area (TPSA) is 4.93 Å². The van der Waals surface area contributed by atoms with Crippen molar-refractivity contribution < 1.29 is 4.39 Å². The molecule has 0 unspecified atom stereocenters. The fourth-order valence-electron chi connectivity index (χ4n) is 1.96. The number of nitrogens with zero attached hydrogens (tertiary/aromatic N) is 1. The number of hydrogen-bond acceptors (Lipinski definition) is 0. The smallest absolute Gasteiger partial charge is 0.123 e. The van der Waals surface area contributed by atoms with Crippen LogP contribution in [0.15, 0.2) is 36.4 Å². The molecular weight excluding hydrogens is 201 g/mol. The van der Waals surface area contributed by atoms with E-state index in [4.69, 9.17) is 0 Å². The van der Waals surface area contributed by atoms with Crippen molar-refractivity contribution in [1.82, 2.24) is 4.57 Å². The van der Waals surface area contributed by atoms with Crippen LogP contribution in [-0.2, 0) is 6.54 Å². The van der Waals surface area contributed by atoms with Gasteiger partial charge in [0.25, 0.3) is 0 Å². The molecule has 2 heteroatoms. The van der Waals surface area contributed by atoms with Crippen LogP contribution in [0.2, 0.25) is 0 Å². The zero-order valence-electron chi connectivity index (χ0n) is 9.70. The van der Waals surface area contributed by atoms with Crippen molar-refractivity contribution in [1.29, 1.82) is 0 Å². The van der Waals surface area contributed by atoms with Crippen molar-refractivity contribution in [3.8, 4) is 11.3 Å². The lowest BCUT2D eigenvalue weighted by Crippen LogP contribution is -2.00. The fourth-order valence-corrected chi connectivity index (χ4v) is 1.96. The van der Waals surface area contributed by atoms with E-state index in [2.05, 4.69) is 30.5 Å². The van der Waals surface area contributed by atoms with Gasteiger partial charge in [0.05, 0.1) is 0 Å². The van der Waals surface area contributed by atoms with Crippen molar-refractivity contribution in [3.05, 3.63) is 47.9 Å². The second-order valence-corrected chi connectivity index (χ2v) is 4.02. The average Bonchev–Trinajstić information content (AvgIpc) is 2.63. The molecule has 0 radical (unpaired) electrons. The minimum absolute atomic E-state index is 0.186. The second-order valence-electron chi connectivity index (χ2n) is 4.02. The minimum Gasteiger partial charge on any atom is -0.345 e. The molecular formula is C14H16FN. The Labute approximate surface area is 95.5 Å². The van der Waals surface area contributed by atoms with Gasteiger partial charge >= 0.3 is 0 Å². The van der Waals surface area contributed by atoms with Crippen molar-refractivity contribution in [2.45, 2.75) is 26.8 Å². The van der Waals surface area contributed by atoms with E-state index >= 15 is 0 Å². The molecule has 0 N–H and O–H groups in total. The summed E-state index contributed by atoms with van der Waals surface area (Å²) in [6.45, 7) is 5.27. The Bertz CT molecular complexity index is 468. The first-order chi connectivity index (χ1) is 7.72. The quantitative estimate of drug-likeness (QED) is 0.732. The predicted octanol–water partition coefficient (Wildman–Crippen LogP) is 4.01. The van der Waals surface area contributed by atoms with Gasteiger partial charge in [0.15, 0.2) is 0 Å². The first kappa shape index (κ1) is 10.9. The zero-order valence-corrected chi connectivity index (χ0v) is 9.70. The maximum absolute atomic E-state index is 12.8. The first-order valence-electron chi connectivity index (χ1n) is 5.64. The van der Waals surface area contributed by atoms with Gasteiger partial charge in [-0.3, -0.25) is 0 Å². The predicted molar refractivity (Wildman–Crippen MR) is 64.9 cm³/mol. The molecule has 1 aromatic carbocycles. The molecule has 0 aliphatic carbocycles. The lowest BCUT2D eigenvalue weighted by molar-refractivity contribution is 0.627. The Hall–Kier alpha value is -1.57. The van der Waals surface area contributed by atoms with Crippen molar-refractivity contribution >= 4 is 0 Å². The largest absolute Gasteiger partial charge is 0.345 e. The van der Waals surface area contributed by atoms with Gasteiger partial charge < -0.3 is 4.57 Å². The summed E-state index contributed by atoms with van der Waals surface area (Å²) in [5, 5.41) is 0. The van der Waals surface area contributed by atoms with Crippen LogP contribution in [0.1, 0.15) is 19.0 Å². The number of rotatable bonds is 3. The van der Waals surface area contributed by atoms with E-state index in [9.17, 15) is 4.39 Å². The standard InChI is InChI=1S/C14H16FN/c1-3-10-16-11(2)4-9-14(16)12-5-7-13(15)8-6-12/h4-9H,3,10H2,1-2H3. The molecule has 0 amide bonds. The Morgan fingerprint density at radius 3 is 2.38 bits per heavy atom. The Balaban J connectivity index is 2.43. The Morgan fingerprint density at radius 2 is 1.75 bits per heavy atom. The molecule has 2 aromatic rings. The molecule has 0 saturated carbocycles. The van der Waals surface area contributed by atoms with Crippen molar-refractivity contribution in [2.75, 3.05) is 0 Å².